The second kappa shape index (κ2) is 7.41. The number of benzene rings is 3. The Kier molecular flexibility index (Phi) is 5.43. The average molecular weight is 415 g/mol. The van der Waals surface area contributed by atoms with E-state index in [4.69, 9.17) is 0 Å². The number of aliphatic hydroxyl groups is 1. The van der Waals surface area contributed by atoms with Crippen LogP contribution in [0.25, 0.3) is 0 Å². The van der Waals surface area contributed by atoms with Crippen molar-refractivity contribution in [2.75, 3.05) is 12.8 Å². The van der Waals surface area contributed by atoms with Crippen molar-refractivity contribution < 1.29 is 5.11 Å². The van der Waals surface area contributed by atoms with Crippen LogP contribution in [0.15, 0.2) is 91.0 Å². The maximum atomic E-state index is 9.85. The number of hydrogen-bond acceptors (Lipinski definition) is 1. The van der Waals surface area contributed by atoms with E-state index in [0.29, 0.717) is 0 Å². The molecule has 1 unspecified atom stereocenters. The molecule has 1 atom stereocenters. The Morgan fingerprint density at radius 3 is 1.32 bits per heavy atom. The van der Waals surface area contributed by atoms with Gasteiger partial charge in [0.15, 0.2) is 0 Å². The molecule has 3 aromatic carbocycles. The van der Waals surface area contributed by atoms with E-state index in [9.17, 15) is 5.11 Å². The second-order valence-electron chi connectivity index (χ2n) is 6.66. The molecule has 0 amide bonds. The fraction of sp³-hybridized carbons (Fsp3) is 0.182. The molecule has 0 aromatic heterocycles. The van der Waals surface area contributed by atoms with Crippen LogP contribution in [0, 0.1) is 5.92 Å². The van der Waals surface area contributed by atoms with E-state index in [2.05, 4.69) is 113 Å². The van der Waals surface area contributed by atoms with Crippen molar-refractivity contribution in [1.29, 1.82) is 0 Å². The van der Waals surface area contributed by atoms with E-state index >= 15 is 0 Å². The summed E-state index contributed by atoms with van der Waals surface area (Å²) in [6, 6.07) is 32.1. The number of halogens is 1. The zero-order valence-corrected chi connectivity index (χ0v) is 16.9. The van der Waals surface area contributed by atoms with Gasteiger partial charge in [0, 0.05) is 0 Å². The predicted octanol–water partition coefficient (Wildman–Crippen LogP) is 4.45. The van der Waals surface area contributed by atoms with Gasteiger partial charge in [0.25, 0.3) is 0 Å². The summed E-state index contributed by atoms with van der Waals surface area (Å²) in [5, 5.41) is 10.9. The molecule has 25 heavy (non-hydrogen) atoms. The van der Waals surface area contributed by atoms with Crippen molar-refractivity contribution in [3.05, 3.63) is 91.0 Å². The fourth-order valence-corrected chi connectivity index (χ4v) is 12.4. The Balaban J connectivity index is 2.40. The van der Waals surface area contributed by atoms with E-state index < -0.39 is 5.31 Å². The summed E-state index contributed by atoms with van der Waals surface area (Å²) < 4.78 is 0. The van der Waals surface area contributed by atoms with E-state index in [1.54, 1.807) is 0 Å². The molecule has 0 bridgehead atoms. The van der Waals surface area contributed by atoms with Crippen molar-refractivity contribution in [2.45, 2.75) is 6.92 Å². The molecule has 3 heteroatoms. The van der Waals surface area contributed by atoms with Gasteiger partial charge in [-0.25, -0.2) is 0 Å². The summed E-state index contributed by atoms with van der Waals surface area (Å²) in [6.07, 6.45) is 0.875. The fourth-order valence-electron chi connectivity index (χ4n) is 3.62. The molecule has 0 spiro atoms. The van der Waals surface area contributed by atoms with Crippen LogP contribution in [-0.2, 0) is 0 Å². The Bertz CT molecular complexity index is 706. The average Bonchev–Trinajstić information content (AvgIpc) is 2.70. The minimum atomic E-state index is -2.87. The molecule has 0 radical (unpaired) electrons. The van der Waals surface area contributed by atoms with E-state index in [-0.39, 0.29) is 12.5 Å². The standard InChI is InChI=1S/C22H24BrOP/c1-19(17-24)18-25(23,20-11-5-2-6-12-20,21-13-7-3-8-14-21)22-15-9-4-10-16-22/h2-16,19,24H,17-18H2,1H3. The summed E-state index contributed by atoms with van der Waals surface area (Å²) in [6.45, 7) is 2.30. The van der Waals surface area contributed by atoms with Gasteiger partial charge < -0.3 is 0 Å². The van der Waals surface area contributed by atoms with Gasteiger partial charge in [0.05, 0.1) is 0 Å². The van der Waals surface area contributed by atoms with Crippen LogP contribution in [0.1, 0.15) is 6.92 Å². The Morgan fingerprint density at radius 1 is 0.720 bits per heavy atom. The van der Waals surface area contributed by atoms with E-state index in [1.165, 1.54) is 15.9 Å². The van der Waals surface area contributed by atoms with Crippen molar-refractivity contribution in [3.63, 3.8) is 0 Å². The monoisotopic (exact) mass is 414 g/mol. The van der Waals surface area contributed by atoms with Gasteiger partial charge in [-0.1, -0.05) is 0 Å². The summed E-state index contributed by atoms with van der Waals surface area (Å²) in [4.78, 5) is 0. The quantitative estimate of drug-likeness (QED) is 0.590. The molecule has 0 heterocycles. The molecule has 0 saturated heterocycles. The summed E-state index contributed by atoms with van der Waals surface area (Å²) in [5.74, 6) is 0.178. The van der Waals surface area contributed by atoms with Crippen LogP contribution in [0.3, 0.4) is 0 Å². The molecule has 0 aliphatic heterocycles. The maximum absolute atomic E-state index is 9.85. The third-order valence-electron chi connectivity index (χ3n) is 4.85. The van der Waals surface area contributed by atoms with Crippen LogP contribution in [0.4, 0.5) is 0 Å². The molecular weight excluding hydrogens is 391 g/mol. The van der Waals surface area contributed by atoms with Gasteiger partial charge in [-0.2, -0.15) is 0 Å². The third kappa shape index (κ3) is 3.19. The third-order valence-corrected chi connectivity index (χ3v) is 14.8. The number of rotatable bonds is 6. The molecule has 1 N–H and O–H groups in total. The molecule has 3 rings (SSSR count). The van der Waals surface area contributed by atoms with Crippen LogP contribution >= 0.6 is 20.8 Å². The van der Waals surface area contributed by atoms with E-state index in [0.717, 1.165) is 6.16 Å². The molecule has 130 valence electrons. The molecule has 1 nitrogen and oxygen atoms in total. The number of hydrogen-bond donors (Lipinski definition) is 1. The van der Waals surface area contributed by atoms with Gasteiger partial charge >= 0.3 is 158 Å². The Hall–Kier alpha value is -1.47. The van der Waals surface area contributed by atoms with Crippen molar-refractivity contribution >= 4 is 36.7 Å². The summed E-state index contributed by atoms with van der Waals surface area (Å²) in [7, 11) is 0. The van der Waals surface area contributed by atoms with Crippen molar-refractivity contribution in [3.8, 4) is 0 Å². The minimum absolute atomic E-state index is 0.177. The molecule has 0 aliphatic carbocycles. The molecular formula is C22H24BrOP. The molecule has 0 saturated carbocycles. The first kappa shape index (κ1) is 18.3. The van der Waals surface area contributed by atoms with Gasteiger partial charge in [0.2, 0.25) is 0 Å². The Labute approximate surface area is 158 Å². The summed E-state index contributed by atoms with van der Waals surface area (Å²) >= 11 is 4.38. The predicted molar refractivity (Wildman–Crippen MR) is 115 cm³/mol. The van der Waals surface area contributed by atoms with Crippen LogP contribution in [0.5, 0.6) is 0 Å². The number of aliphatic hydroxyl groups excluding tert-OH is 1. The second-order valence-corrected chi connectivity index (χ2v) is 15.6. The molecule has 3 aromatic rings. The molecule has 0 fully saturated rings. The van der Waals surface area contributed by atoms with Gasteiger partial charge in [-0.3, -0.25) is 0 Å². The summed E-state index contributed by atoms with van der Waals surface area (Å²) in [5.41, 5.74) is 0. The zero-order chi connectivity index (χ0) is 17.8. The van der Waals surface area contributed by atoms with Gasteiger partial charge in [-0.05, 0) is 0 Å². The normalized spacial score (nSPS) is 14.4. The topological polar surface area (TPSA) is 20.2 Å². The Morgan fingerprint density at radius 2 is 1.04 bits per heavy atom. The van der Waals surface area contributed by atoms with Crippen LogP contribution < -0.4 is 15.9 Å². The van der Waals surface area contributed by atoms with E-state index in [1.807, 2.05) is 0 Å². The van der Waals surface area contributed by atoms with Gasteiger partial charge in [0.1, 0.15) is 0 Å². The first-order valence-corrected chi connectivity index (χ1v) is 13.0. The zero-order valence-electron chi connectivity index (χ0n) is 14.4. The van der Waals surface area contributed by atoms with Gasteiger partial charge in [-0.15, -0.1) is 0 Å². The van der Waals surface area contributed by atoms with Crippen LogP contribution in [0.2, 0.25) is 0 Å². The first-order chi connectivity index (χ1) is 12.1. The SMILES string of the molecule is CC(CO)CP(Br)(c1ccccc1)(c1ccccc1)c1ccccc1. The first-order valence-electron chi connectivity index (χ1n) is 8.60. The molecule has 0 aliphatic rings. The van der Waals surface area contributed by atoms with Crippen molar-refractivity contribution in [1.82, 2.24) is 0 Å². The van der Waals surface area contributed by atoms with Crippen molar-refractivity contribution in [2.24, 2.45) is 5.92 Å². The van der Waals surface area contributed by atoms with Crippen LogP contribution in [-0.4, -0.2) is 17.9 Å².